The molecule has 1 aromatic heterocycles. The van der Waals surface area contributed by atoms with E-state index in [2.05, 4.69) is 9.88 Å². The van der Waals surface area contributed by atoms with Gasteiger partial charge in [-0.05, 0) is 12.1 Å². The second-order valence-electron chi connectivity index (χ2n) is 5.62. The Kier molecular flexibility index (Phi) is 4.28. The molecule has 0 unspecified atom stereocenters. The standard InChI is InChI=1S/C14H18ClN3O3/c15-11-1-2-13(16-3-11)18-5-10-4-17(7-14(19)20)12(6-18)9-21-8-10/h1-3,10,12H,4-9H2,(H,19,20)/t10-,12+/m1/s1. The van der Waals surface area contributed by atoms with E-state index in [9.17, 15) is 4.79 Å². The van der Waals surface area contributed by atoms with Crippen molar-refractivity contribution in [2.24, 2.45) is 5.92 Å². The van der Waals surface area contributed by atoms with Crippen LogP contribution >= 0.6 is 11.6 Å². The number of hydrogen-bond donors (Lipinski definition) is 1. The van der Waals surface area contributed by atoms with Crippen LogP contribution in [-0.4, -0.2) is 66.4 Å². The fourth-order valence-corrected chi connectivity index (χ4v) is 3.15. The summed E-state index contributed by atoms with van der Waals surface area (Å²) in [5, 5.41) is 9.68. The van der Waals surface area contributed by atoms with Gasteiger partial charge in [0.25, 0.3) is 0 Å². The van der Waals surface area contributed by atoms with Gasteiger partial charge in [-0.2, -0.15) is 0 Å². The molecule has 7 heteroatoms. The summed E-state index contributed by atoms with van der Waals surface area (Å²) in [4.78, 5) is 19.6. The van der Waals surface area contributed by atoms with Crippen LogP contribution in [0, 0.1) is 5.92 Å². The smallest absolute Gasteiger partial charge is 0.317 e. The maximum Gasteiger partial charge on any atom is 0.317 e. The zero-order chi connectivity index (χ0) is 14.8. The summed E-state index contributed by atoms with van der Waals surface area (Å²) < 4.78 is 5.67. The van der Waals surface area contributed by atoms with Crippen molar-refractivity contribution in [2.75, 3.05) is 44.3 Å². The second-order valence-corrected chi connectivity index (χ2v) is 6.06. The first-order valence-electron chi connectivity index (χ1n) is 7.02. The molecule has 0 radical (unpaired) electrons. The van der Waals surface area contributed by atoms with Crippen LogP contribution in [0.1, 0.15) is 0 Å². The largest absolute Gasteiger partial charge is 0.480 e. The summed E-state index contributed by atoms with van der Waals surface area (Å²) in [6.45, 7) is 3.58. The molecule has 2 bridgehead atoms. The normalized spacial score (nSPS) is 26.4. The summed E-state index contributed by atoms with van der Waals surface area (Å²) in [7, 11) is 0. The molecule has 2 fully saturated rings. The monoisotopic (exact) mass is 311 g/mol. The van der Waals surface area contributed by atoms with E-state index in [0.29, 0.717) is 18.2 Å². The van der Waals surface area contributed by atoms with Gasteiger partial charge >= 0.3 is 5.97 Å². The molecule has 6 nitrogen and oxygen atoms in total. The molecule has 1 aromatic rings. The van der Waals surface area contributed by atoms with Crippen LogP contribution in [0.3, 0.4) is 0 Å². The van der Waals surface area contributed by atoms with E-state index in [4.69, 9.17) is 21.4 Å². The number of halogens is 1. The average molecular weight is 312 g/mol. The highest BCUT2D eigenvalue weighted by atomic mass is 35.5. The number of aromatic nitrogens is 1. The van der Waals surface area contributed by atoms with Gasteiger partial charge in [-0.3, -0.25) is 9.69 Å². The van der Waals surface area contributed by atoms with Crippen LogP contribution in [0.15, 0.2) is 18.3 Å². The first-order chi connectivity index (χ1) is 10.1. The number of hydrogen-bond acceptors (Lipinski definition) is 5. The van der Waals surface area contributed by atoms with Gasteiger partial charge < -0.3 is 14.7 Å². The second kappa shape index (κ2) is 6.17. The molecule has 0 amide bonds. The van der Waals surface area contributed by atoms with Gasteiger partial charge in [-0.15, -0.1) is 0 Å². The molecule has 0 saturated carbocycles. The minimum Gasteiger partial charge on any atom is -0.480 e. The molecule has 2 aliphatic heterocycles. The first-order valence-corrected chi connectivity index (χ1v) is 7.39. The van der Waals surface area contributed by atoms with Crippen molar-refractivity contribution in [1.82, 2.24) is 9.88 Å². The number of anilines is 1. The molecule has 2 atom stereocenters. The van der Waals surface area contributed by atoms with Crippen LogP contribution in [0.2, 0.25) is 5.02 Å². The Hall–Kier alpha value is -1.37. The van der Waals surface area contributed by atoms with Crippen molar-refractivity contribution in [1.29, 1.82) is 0 Å². The lowest BCUT2D eigenvalue weighted by molar-refractivity contribution is -0.138. The first kappa shape index (κ1) is 14.6. The number of carbonyl (C=O) groups is 1. The molecular formula is C14H18ClN3O3. The predicted molar refractivity (Wildman–Crippen MR) is 78.8 cm³/mol. The number of carboxylic acids is 1. The number of fused-ring (bicyclic) bond motifs is 3. The number of ether oxygens (including phenoxy) is 1. The van der Waals surface area contributed by atoms with Crippen molar-refractivity contribution in [3.63, 3.8) is 0 Å². The number of pyridine rings is 1. The Balaban J connectivity index is 1.80. The van der Waals surface area contributed by atoms with Gasteiger partial charge in [0, 0.05) is 31.7 Å². The number of aliphatic carboxylic acids is 1. The summed E-state index contributed by atoms with van der Waals surface area (Å²) in [5.41, 5.74) is 0. The van der Waals surface area contributed by atoms with E-state index in [1.54, 1.807) is 6.20 Å². The highest BCUT2D eigenvalue weighted by Gasteiger charge is 2.34. The Bertz CT molecular complexity index is 511. The zero-order valence-electron chi connectivity index (χ0n) is 11.6. The van der Waals surface area contributed by atoms with Crippen LogP contribution in [-0.2, 0) is 9.53 Å². The van der Waals surface area contributed by atoms with Crippen molar-refractivity contribution >= 4 is 23.4 Å². The van der Waals surface area contributed by atoms with E-state index in [0.717, 1.165) is 25.5 Å². The maximum absolute atomic E-state index is 11.0. The Labute approximate surface area is 128 Å². The van der Waals surface area contributed by atoms with Crippen LogP contribution in [0.4, 0.5) is 5.82 Å². The van der Waals surface area contributed by atoms with E-state index in [-0.39, 0.29) is 18.5 Å². The molecule has 3 rings (SSSR count). The molecule has 0 aliphatic carbocycles. The highest BCUT2D eigenvalue weighted by molar-refractivity contribution is 6.30. The molecule has 21 heavy (non-hydrogen) atoms. The third-order valence-corrected chi connectivity index (χ3v) is 4.18. The average Bonchev–Trinajstić information content (AvgIpc) is 2.68. The molecule has 3 heterocycles. The Morgan fingerprint density at radius 1 is 1.38 bits per heavy atom. The van der Waals surface area contributed by atoms with E-state index >= 15 is 0 Å². The molecule has 0 spiro atoms. The summed E-state index contributed by atoms with van der Waals surface area (Å²) in [5.74, 6) is 0.376. The van der Waals surface area contributed by atoms with Gasteiger partial charge in [-0.1, -0.05) is 11.6 Å². The summed E-state index contributed by atoms with van der Waals surface area (Å²) in [6, 6.07) is 3.81. The number of rotatable bonds is 3. The predicted octanol–water partition coefficient (Wildman–Crippen LogP) is 0.957. The highest BCUT2D eigenvalue weighted by Crippen LogP contribution is 2.23. The van der Waals surface area contributed by atoms with E-state index in [1.165, 1.54) is 0 Å². The molecule has 114 valence electrons. The van der Waals surface area contributed by atoms with Gasteiger partial charge in [0.2, 0.25) is 0 Å². The van der Waals surface area contributed by atoms with Crippen LogP contribution < -0.4 is 4.90 Å². The van der Waals surface area contributed by atoms with Crippen molar-refractivity contribution < 1.29 is 14.6 Å². The van der Waals surface area contributed by atoms with Crippen LogP contribution in [0.25, 0.3) is 0 Å². The SMILES string of the molecule is O=C(O)CN1C[C@H]2COC[C@@H]1CN(c1ccc(Cl)cn1)C2. The van der Waals surface area contributed by atoms with Crippen molar-refractivity contribution in [3.05, 3.63) is 23.4 Å². The molecule has 2 saturated heterocycles. The third kappa shape index (κ3) is 3.45. The lowest BCUT2D eigenvalue weighted by Crippen LogP contribution is -2.45. The minimum atomic E-state index is -0.793. The van der Waals surface area contributed by atoms with Gasteiger partial charge in [-0.25, -0.2) is 4.98 Å². The summed E-state index contributed by atoms with van der Waals surface area (Å²) >= 11 is 5.88. The molecule has 2 aliphatic rings. The lowest BCUT2D eigenvalue weighted by Gasteiger charge is -2.31. The lowest BCUT2D eigenvalue weighted by atomic mass is 10.1. The number of carboxylic acid groups (broad SMARTS) is 1. The Morgan fingerprint density at radius 3 is 2.95 bits per heavy atom. The summed E-state index contributed by atoms with van der Waals surface area (Å²) in [6.07, 6.45) is 1.64. The van der Waals surface area contributed by atoms with Crippen molar-refractivity contribution in [3.8, 4) is 0 Å². The van der Waals surface area contributed by atoms with Gasteiger partial charge in [0.1, 0.15) is 5.82 Å². The topological polar surface area (TPSA) is 65.9 Å². The zero-order valence-corrected chi connectivity index (χ0v) is 12.4. The van der Waals surface area contributed by atoms with E-state index in [1.807, 2.05) is 17.0 Å². The minimum absolute atomic E-state index is 0.0619. The Morgan fingerprint density at radius 2 is 2.24 bits per heavy atom. The van der Waals surface area contributed by atoms with Crippen molar-refractivity contribution in [2.45, 2.75) is 6.04 Å². The molecule has 0 aromatic carbocycles. The number of nitrogens with zero attached hydrogens (tertiary/aromatic N) is 3. The van der Waals surface area contributed by atoms with Crippen LogP contribution in [0.5, 0.6) is 0 Å². The van der Waals surface area contributed by atoms with Gasteiger partial charge in [0.15, 0.2) is 0 Å². The van der Waals surface area contributed by atoms with E-state index < -0.39 is 5.97 Å². The maximum atomic E-state index is 11.0. The third-order valence-electron chi connectivity index (χ3n) is 3.96. The molecule has 1 N–H and O–H groups in total. The fourth-order valence-electron chi connectivity index (χ4n) is 3.04. The fraction of sp³-hybridized carbons (Fsp3) is 0.571. The molecular weight excluding hydrogens is 294 g/mol. The quantitative estimate of drug-likeness (QED) is 0.897. The van der Waals surface area contributed by atoms with Gasteiger partial charge in [0.05, 0.1) is 30.8 Å².